The zero-order valence-corrected chi connectivity index (χ0v) is 12.1. The van der Waals surface area contributed by atoms with Crippen LogP contribution in [0.2, 0.25) is 0 Å². The molecule has 4 heteroatoms. The van der Waals surface area contributed by atoms with Crippen molar-refractivity contribution in [2.75, 3.05) is 0 Å². The van der Waals surface area contributed by atoms with Crippen molar-refractivity contribution < 1.29 is 8.78 Å². The maximum absolute atomic E-state index is 14.2. The smallest absolute Gasteiger partial charge is 0.145 e. The van der Waals surface area contributed by atoms with E-state index in [2.05, 4.69) is 22.9 Å². The second-order valence-electron chi connectivity index (χ2n) is 5.24. The molecule has 0 spiro atoms. The molecule has 1 aliphatic rings. The van der Waals surface area contributed by atoms with Crippen LogP contribution in [-0.4, -0.2) is 0 Å². The van der Waals surface area contributed by atoms with Gasteiger partial charge < -0.3 is 5.73 Å². The van der Waals surface area contributed by atoms with E-state index in [1.54, 1.807) is 0 Å². The molecule has 100 valence electrons. The summed E-state index contributed by atoms with van der Waals surface area (Å²) in [6.45, 7) is 2.10. The number of hydrogen-bond acceptors (Lipinski definition) is 1. The van der Waals surface area contributed by atoms with Crippen LogP contribution in [0.1, 0.15) is 44.6 Å². The van der Waals surface area contributed by atoms with Crippen molar-refractivity contribution in [3.05, 3.63) is 33.8 Å². The Labute approximate surface area is 115 Å². The third kappa shape index (κ3) is 2.45. The highest BCUT2D eigenvalue weighted by Crippen LogP contribution is 2.42. The first-order valence-electron chi connectivity index (χ1n) is 6.41. The molecule has 0 radical (unpaired) electrons. The fraction of sp³-hybridized carbons (Fsp3) is 0.571. The Morgan fingerprint density at radius 1 is 1.44 bits per heavy atom. The molecule has 2 atom stereocenters. The monoisotopic (exact) mass is 317 g/mol. The quantitative estimate of drug-likeness (QED) is 0.799. The Balaban J connectivity index is 2.43. The molecule has 2 unspecified atom stereocenters. The van der Waals surface area contributed by atoms with Gasteiger partial charge in [-0.25, -0.2) is 8.78 Å². The molecule has 1 aliphatic carbocycles. The Bertz CT molecular complexity index is 450. The van der Waals surface area contributed by atoms with E-state index < -0.39 is 17.2 Å². The van der Waals surface area contributed by atoms with Gasteiger partial charge >= 0.3 is 0 Å². The van der Waals surface area contributed by atoms with Gasteiger partial charge in [0.2, 0.25) is 0 Å². The Hall–Kier alpha value is -0.480. The van der Waals surface area contributed by atoms with E-state index in [-0.39, 0.29) is 10.0 Å². The van der Waals surface area contributed by atoms with Crippen LogP contribution in [0.3, 0.4) is 0 Å². The molecule has 1 fully saturated rings. The van der Waals surface area contributed by atoms with Crippen LogP contribution >= 0.6 is 15.9 Å². The van der Waals surface area contributed by atoms with Gasteiger partial charge in [0.1, 0.15) is 11.6 Å². The average Bonchev–Trinajstić information content (AvgIpc) is 2.34. The van der Waals surface area contributed by atoms with Gasteiger partial charge in [0.15, 0.2) is 0 Å². The van der Waals surface area contributed by atoms with Gasteiger partial charge in [0.25, 0.3) is 0 Å². The number of hydrogen-bond donors (Lipinski definition) is 1. The number of halogens is 3. The van der Waals surface area contributed by atoms with E-state index in [0.29, 0.717) is 18.8 Å². The third-order valence-electron chi connectivity index (χ3n) is 4.01. The SMILES string of the molecule is CCC1CCCC(N)(c2c(F)ccc(Br)c2F)C1. The summed E-state index contributed by atoms with van der Waals surface area (Å²) >= 11 is 3.11. The van der Waals surface area contributed by atoms with Gasteiger partial charge in [0.05, 0.1) is 4.47 Å². The van der Waals surface area contributed by atoms with Crippen molar-refractivity contribution in [3.8, 4) is 0 Å². The molecule has 1 aromatic rings. The van der Waals surface area contributed by atoms with Gasteiger partial charge in [-0.15, -0.1) is 0 Å². The van der Waals surface area contributed by atoms with Crippen molar-refractivity contribution in [2.45, 2.75) is 44.6 Å². The van der Waals surface area contributed by atoms with Crippen molar-refractivity contribution >= 4 is 15.9 Å². The molecular weight excluding hydrogens is 300 g/mol. The first-order valence-corrected chi connectivity index (χ1v) is 7.20. The van der Waals surface area contributed by atoms with E-state index in [4.69, 9.17) is 5.73 Å². The van der Waals surface area contributed by atoms with Gasteiger partial charge in [-0.2, -0.15) is 0 Å². The lowest BCUT2D eigenvalue weighted by Crippen LogP contribution is -2.43. The number of rotatable bonds is 2. The van der Waals surface area contributed by atoms with E-state index in [1.165, 1.54) is 12.1 Å². The predicted molar refractivity (Wildman–Crippen MR) is 72.2 cm³/mol. The van der Waals surface area contributed by atoms with Crippen LogP contribution in [0.25, 0.3) is 0 Å². The minimum atomic E-state index is -0.864. The molecule has 0 saturated heterocycles. The first-order chi connectivity index (χ1) is 8.48. The lowest BCUT2D eigenvalue weighted by molar-refractivity contribution is 0.210. The Morgan fingerprint density at radius 2 is 2.17 bits per heavy atom. The second kappa shape index (κ2) is 5.25. The van der Waals surface area contributed by atoms with Crippen LogP contribution in [-0.2, 0) is 5.54 Å². The van der Waals surface area contributed by atoms with Crippen molar-refractivity contribution in [3.63, 3.8) is 0 Å². The average molecular weight is 318 g/mol. The van der Waals surface area contributed by atoms with Crippen LogP contribution < -0.4 is 5.73 Å². The van der Waals surface area contributed by atoms with Crippen LogP contribution in [0.15, 0.2) is 16.6 Å². The summed E-state index contributed by atoms with van der Waals surface area (Å²) in [4.78, 5) is 0. The fourth-order valence-electron chi connectivity index (χ4n) is 2.98. The molecule has 1 nitrogen and oxygen atoms in total. The molecule has 18 heavy (non-hydrogen) atoms. The van der Waals surface area contributed by atoms with Crippen LogP contribution in [0.5, 0.6) is 0 Å². The standard InChI is InChI=1S/C14H18BrF2N/c1-2-9-4-3-7-14(18,8-9)12-11(16)6-5-10(15)13(12)17/h5-6,9H,2-4,7-8,18H2,1H3. The summed E-state index contributed by atoms with van der Waals surface area (Å²) in [6.07, 6.45) is 4.35. The van der Waals surface area contributed by atoms with Gasteiger partial charge in [-0.3, -0.25) is 0 Å². The molecule has 0 heterocycles. The first kappa shape index (κ1) is 13.9. The van der Waals surface area contributed by atoms with E-state index in [1.807, 2.05) is 0 Å². The molecule has 0 aliphatic heterocycles. The summed E-state index contributed by atoms with van der Waals surface area (Å²) in [7, 11) is 0. The van der Waals surface area contributed by atoms with Crippen molar-refractivity contribution in [2.24, 2.45) is 11.7 Å². The summed E-state index contributed by atoms with van der Waals surface area (Å²) in [5.74, 6) is -0.620. The largest absolute Gasteiger partial charge is 0.321 e. The number of benzene rings is 1. The minimum absolute atomic E-state index is 0.0509. The highest BCUT2D eigenvalue weighted by molar-refractivity contribution is 9.10. The Morgan fingerprint density at radius 3 is 2.83 bits per heavy atom. The molecule has 2 rings (SSSR count). The topological polar surface area (TPSA) is 26.0 Å². The van der Waals surface area contributed by atoms with Crippen LogP contribution in [0, 0.1) is 17.6 Å². The predicted octanol–water partition coefficient (Wildman–Crippen LogP) is 4.48. The maximum atomic E-state index is 14.2. The lowest BCUT2D eigenvalue weighted by atomic mass is 9.71. The molecule has 2 N–H and O–H groups in total. The fourth-order valence-corrected chi connectivity index (χ4v) is 3.31. The summed E-state index contributed by atoms with van der Waals surface area (Å²) in [6, 6.07) is 2.67. The van der Waals surface area contributed by atoms with Crippen LogP contribution in [0.4, 0.5) is 8.78 Å². The molecule has 1 aromatic carbocycles. The summed E-state index contributed by atoms with van der Waals surface area (Å²) < 4.78 is 28.4. The zero-order chi connectivity index (χ0) is 13.3. The minimum Gasteiger partial charge on any atom is -0.321 e. The van der Waals surface area contributed by atoms with E-state index >= 15 is 0 Å². The van der Waals surface area contributed by atoms with Gasteiger partial charge in [-0.05, 0) is 46.8 Å². The molecule has 0 bridgehead atoms. The highest BCUT2D eigenvalue weighted by Gasteiger charge is 2.38. The zero-order valence-electron chi connectivity index (χ0n) is 10.5. The van der Waals surface area contributed by atoms with Gasteiger partial charge in [0, 0.05) is 11.1 Å². The number of nitrogens with two attached hydrogens (primary N) is 1. The molecular formula is C14H18BrF2N. The van der Waals surface area contributed by atoms with E-state index in [9.17, 15) is 8.78 Å². The molecule has 0 aromatic heterocycles. The molecule has 0 amide bonds. The van der Waals surface area contributed by atoms with E-state index in [0.717, 1.165) is 19.3 Å². The maximum Gasteiger partial charge on any atom is 0.145 e. The third-order valence-corrected chi connectivity index (χ3v) is 4.62. The normalized spacial score (nSPS) is 28.4. The highest BCUT2D eigenvalue weighted by atomic mass is 79.9. The van der Waals surface area contributed by atoms with Crippen molar-refractivity contribution in [1.82, 2.24) is 0 Å². The lowest BCUT2D eigenvalue weighted by Gasteiger charge is -2.38. The second-order valence-corrected chi connectivity index (χ2v) is 6.10. The van der Waals surface area contributed by atoms with Crippen molar-refractivity contribution in [1.29, 1.82) is 0 Å². The summed E-state index contributed by atoms with van der Waals surface area (Å²) in [5, 5.41) is 0. The molecule has 1 saturated carbocycles. The van der Waals surface area contributed by atoms with Gasteiger partial charge in [-0.1, -0.05) is 26.2 Å². The summed E-state index contributed by atoms with van der Waals surface area (Å²) in [5.41, 5.74) is 5.50. The Kier molecular flexibility index (Phi) is 4.07.